The van der Waals surface area contributed by atoms with Gasteiger partial charge in [0.2, 0.25) is 0 Å². The van der Waals surface area contributed by atoms with Crippen molar-refractivity contribution in [2.24, 2.45) is 0 Å². The van der Waals surface area contributed by atoms with Gasteiger partial charge in [0.05, 0.1) is 0 Å². The lowest BCUT2D eigenvalue weighted by molar-refractivity contribution is -0.147. The summed E-state index contributed by atoms with van der Waals surface area (Å²) in [7, 11) is 3.28. The van der Waals surface area contributed by atoms with Gasteiger partial charge in [-0.05, 0) is 31.2 Å². The Kier molecular flexibility index (Phi) is 9.88. The molecule has 0 amide bonds. The number of carbonyl (C=O) groups excluding carboxylic acids is 1. The van der Waals surface area contributed by atoms with Gasteiger partial charge in [0, 0.05) is 13.7 Å². The van der Waals surface area contributed by atoms with Crippen LogP contribution >= 0.6 is 35.6 Å². The van der Waals surface area contributed by atoms with Gasteiger partial charge in [0.25, 0.3) is 0 Å². The molecule has 0 aliphatic heterocycles. The van der Waals surface area contributed by atoms with Crippen LogP contribution in [-0.4, -0.2) is 37.8 Å². The smallest absolute Gasteiger partial charge is 0.323 e. The minimum atomic E-state index is -0.396. The van der Waals surface area contributed by atoms with Gasteiger partial charge >= 0.3 is 5.97 Å². The number of nitrogens with one attached hydrogen (secondary N) is 1. The van der Waals surface area contributed by atoms with E-state index in [1.165, 1.54) is 0 Å². The predicted octanol–water partition coefficient (Wildman–Crippen LogP) is 2.48. The first kappa shape index (κ1) is 19.4. The zero-order valence-electron chi connectivity index (χ0n) is 11.2. The number of methoxy groups -OCH3 is 1. The quantitative estimate of drug-likeness (QED) is 0.609. The molecule has 20 heavy (non-hydrogen) atoms. The van der Waals surface area contributed by atoms with Gasteiger partial charge in [-0.1, -0.05) is 23.2 Å². The topological polar surface area (TPSA) is 60.5 Å². The fourth-order valence-electron chi connectivity index (χ4n) is 1.47. The Morgan fingerprint density at radius 1 is 1.40 bits per heavy atom. The number of rotatable bonds is 7. The van der Waals surface area contributed by atoms with Crippen LogP contribution in [0.5, 0.6) is 0 Å². The van der Waals surface area contributed by atoms with Crippen molar-refractivity contribution in [2.45, 2.75) is 19.1 Å². The molecule has 0 saturated carbocycles. The maximum absolute atomic E-state index is 11.8. The molecule has 1 N–H and O–H groups in total. The number of hydrogen-bond donors (Lipinski definition) is 1. The van der Waals surface area contributed by atoms with E-state index >= 15 is 0 Å². The summed E-state index contributed by atoms with van der Waals surface area (Å²) >= 11 is 11.5. The normalized spacial score (nSPS) is 11.6. The molecule has 1 aromatic heterocycles. The predicted molar refractivity (Wildman–Crippen MR) is 80.6 cm³/mol. The highest BCUT2D eigenvalue weighted by molar-refractivity contribution is 6.32. The molecule has 0 aliphatic carbocycles. The van der Waals surface area contributed by atoms with E-state index in [9.17, 15) is 4.79 Å². The van der Waals surface area contributed by atoms with Crippen LogP contribution in [0.15, 0.2) is 12.1 Å². The molecule has 8 heteroatoms. The summed E-state index contributed by atoms with van der Waals surface area (Å²) in [6, 6.07) is 2.81. The maximum Gasteiger partial charge on any atom is 0.323 e. The van der Waals surface area contributed by atoms with E-state index in [0.29, 0.717) is 18.6 Å². The molecule has 0 fully saturated rings. The van der Waals surface area contributed by atoms with Crippen molar-refractivity contribution in [3.63, 3.8) is 0 Å². The first-order valence-corrected chi connectivity index (χ1v) is 6.47. The van der Waals surface area contributed by atoms with E-state index in [4.69, 9.17) is 32.7 Å². The van der Waals surface area contributed by atoms with Crippen molar-refractivity contribution in [3.8, 4) is 0 Å². The Balaban J connectivity index is 0.00000361. The van der Waals surface area contributed by atoms with Crippen LogP contribution in [0.4, 0.5) is 0 Å². The summed E-state index contributed by atoms with van der Waals surface area (Å²) in [5.74, 6) is -0.344. The third-order valence-corrected chi connectivity index (χ3v) is 2.83. The number of carbonyl (C=O) groups is 1. The first-order valence-electron chi connectivity index (χ1n) is 5.71. The third kappa shape index (κ3) is 6.72. The van der Waals surface area contributed by atoms with Crippen molar-refractivity contribution in [1.82, 2.24) is 10.3 Å². The second-order valence-corrected chi connectivity index (χ2v) is 4.63. The van der Waals surface area contributed by atoms with Crippen molar-refractivity contribution >= 4 is 41.6 Å². The molecule has 0 bridgehead atoms. The summed E-state index contributed by atoms with van der Waals surface area (Å²) in [6.07, 6.45) is 0.545. The van der Waals surface area contributed by atoms with Crippen LogP contribution in [0.1, 0.15) is 12.0 Å². The molecule has 5 nitrogen and oxygen atoms in total. The van der Waals surface area contributed by atoms with E-state index in [1.54, 1.807) is 26.3 Å². The zero-order chi connectivity index (χ0) is 14.3. The minimum Gasteiger partial charge on any atom is -0.460 e. The molecular weight excluding hydrogens is 327 g/mol. The van der Waals surface area contributed by atoms with Gasteiger partial charge in [-0.3, -0.25) is 4.79 Å². The lowest BCUT2D eigenvalue weighted by Crippen LogP contribution is -2.36. The molecule has 0 saturated heterocycles. The Hall–Kier alpha value is -0.590. The molecule has 0 unspecified atom stereocenters. The summed E-state index contributed by atoms with van der Waals surface area (Å²) in [4.78, 5) is 15.6. The van der Waals surface area contributed by atoms with E-state index in [1.807, 2.05) is 0 Å². The molecule has 0 aromatic carbocycles. The van der Waals surface area contributed by atoms with E-state index in [-0.39, 0.29) is 35.3 Å². The second kappa shape index (κ2) is 10.2. The van der Waals surface area contributed by atoms with Crippen LogP contribution in [-0.2, 0) is 20.9 Å². The van der Waals surface area contributed by atoms with E-state index < -0.39 is 6.04 Å². The zero-order valence-corrected chi connectivity index (χ0v) is 13.5. The number of pyridine rings is 1. The highest BCUT2D eigenvalue weighted by atomic mass is 35.5. The monoisotopic (exact) mass is 342 g/mol. The maximum atomic E-state index is 11.8. The molecule has 0 spiro atoms. The minimum absolute atomic E-state index is 0. The number of likely N-dealkylation sites (N-methyl/N-ethyl adjacent to an activating group) is 1. The third-order valence-electron chi connectivity index (χ3n) is 2.45. The SMILES string of the molecule is CN[C@@H](CCOC)C(=O)OCc1cc(Cl)nc(Cl)c1.Cl. The van der Waals surface area contributed by atoms with Crippen molar-refractivity contribution in [3.05, 3.63) is 28.0 Å². The lowest BCUT2D eigenvalue weighted by Gasteiger charge is -2.14. The standard InChI is InChI=1S/C12H16Cl2N2O3.ClH/c1-15-9(3-4-18-2)12(17)19-7-8-5-10(13)16-11(14)6-8;/h5-6,9,15H,3-4,7H2,1-2H3;1H/t9-;/m0./s1. The van der Waals surface area contributed by atoms with Gasteiger partial charge < -0.3 is 14.8 Å². The number of aromatic nitrogens is 1. The summed E-state index contributed by atoms with van der Waals surface area (Å²) in [5.41, 5.74) is 0.694. The Labute approximate surface area is 134 Å². The Bertz CT molecular complexity index is 412. The van der Waals surface area contributed by atoms with Crippen molar-refractivity contribution in [2.75, 3.05) is 20.8 Å². The van der Waals surface area contributed by atoms with Crippen molar-refractivity contribution in [1.29, 1.82) is 0 Å². The molecule has 1 aromatic rings. The number of esters is 1. The van der Waals surface area contributed by atoms with Crippen LogP contribution in [0.3, 0.4) is 0 Å². The van der Waals surface area contributed by atoms with Crippen molar-refractivity contribution < 1.29 is 14.3 Å². The van der Waals surface area contributed by atoms with E-state index in [0.717, 1.165) is 0 Å². The number of nitrogens with zero attached hydrogens (tertiary/aromatic N) is 1. The van der Waals surface area contributed by atoms with Gasteiger partial charge in [-0.2, -0.15) is 0 Å². The first-order chi connectivity index (χ1) is 9.06. The van der Waals surface area contributed by atoms with Gasteiger partial charge in [-0.25, -0.2) is 4.98 Å². The summed E-state index contributed by atoms with van der Waals surface area (Å²) < 4.78 is 10.1. The molecule has 0 radical (unpaired) electrons. The highest BCUT2D eigenvalue weighted by Gasteiger charge is 2.17. The highest BCUT2D eigenvalue weighted by Crippen LogP contribution is 2.15. The fraction of sp³-hybridized carbons (Fsp3) is 0.500. The fourth-order valence-corrected chi connectivity index (χ4v) is 1.97. The Morgan fingerprint density at radius 3 is 2.50 bits per heavy atom. The number of halogens is 3. The molecule has 1 heterocycles. The van der Waals surface area contributed by atoms with Crippen LogP contribution in [0, 0.1) is 0 Å². The Morgan fingerprint density at radius 2 is 2.00 bits per heavy atom. The lowest BCUT2D eigenvalue weighted by atomic mass is 10.2. The molecule has 1 atom stereocenters. The number of ether oxygens (including phenoxy) is 2. The second-order valence-electron chi connectivity index (χ2n) is 3.85. The van der Waals surface area contributed by atoms with E-state index in [2.05, 4.69) is 10.3 Å². The van der Waals surface area contributed by atoms with Crippen LogP contribution in [0.25, 0.3) is 0 Å². The molecular formula is C12H17Cl3N2O3. The largest absolute Gasteiger partial charge is 0.460 e. The summed E-state index contributed by atoms with van der Waals surface area (Å²) in [6.45, 7) is 0.583. The van der Waals surface area contributed by atoms with Gasteiger partial charge in [0.15, 0.2) is 0 Å². The van der Waals surface area contributed by atoms with Gasteiger partial charge in [0.1, 0.15) is 23.0 Å². The number of hydrogen-bond acceptors (Lipinski definition) is 5. The molecule has 1 rings (SSSR count). The average Bonchev–Trinajstić information content (AvgIpc) is 2.36. The summed E-state index contributed by atoms with van der Waals surface area (Å²) in [5, 5.41) is 3.41. The molecule has 0 aliphatic rings. The molecule has 114 valence electrons. The van der Waals surface area contributed by atoms with Crippen LogP contribution in [0.2, 0.25) is 10.3 Å². The average molecular weight is 344 g/mol. The van der Waals surface area contributed by atoms with Gasteiger partial charge in [-0.15, -0.1) is 12.4 Å². The van der Waals surface area contributed by atoms with Crippen LogP contribution < -0.4 is 5.32 Å².